The summed E-state index contributed by atoms with van der Waals surface area (Å²) in [5, 5.41) is 14.0. The third-order valence-corrected chi connectivity index (χ3v) is 6.76. The van der Waals surface area contributed by atoms with Crippen molar-refractivity contribution in [3.8, 4) is 11.3 Å². The molecule has 0 aliphatic heterocycles. The maximum absolute atomic E-state index is 12.3. The Kier molecular flexibility index (Phi) is 6.49. The molecule has 0 saturated heterocycles. The topological polar surface area (TPSA) is 83.3 Å². The predicted octanol–water partition coefficient (Wildman–Crippen LogP) is 6.14. The first kappa shape index (κ1) is 22.4. The Labute approximate surface area is 207 Å². The number of aryl methyl sites for hydroxylation is 1. The standard InChI is InChI=1S/C26H27BrN6O/c1-17-7-2-5-12-21(17)23-14-24(33-25(32-23)22(27)16-29-33)28-15-18-8-6-11-20(13-18)31-26(34)30-19-9-3-4-10-19/h2,5-8,11-14,16,19,28H,3-4,9-10,15H2,1H3,(H2,30,31,34). The fraction of sp³-hybridized carbons (Fsp3) is 0.269. The van der Waals surface area contributed by atoms with Gasteiger partial charge in [0.2, 0.25) is 0 Å². The summed E-state index contributed by atoms with van der Waals surface area (Å²) in [7, 11) is 0. The van der Waals surface area contributed by atoms with Crippen LogP contribution in [0.2, 0.25) is 0 Å². The van der Waals surface area contributed by atoms with Gasteiger partial charge in [-0.05, 0) is 59.0 Å². The second kappa shape index (κ2) is 9.85. The van der Waals surface area contributed by atoms with Crippen LogP contribution in [0.25, 0.3) is 16.9 Å². The third-order valence-electron chi connectivity index (χ3n) is 6.20. The largest absolute Gasteiger partial charge is 0.366 e. The first-order valence-electron chi connectivity index (χ1n) is 11.6. The molecule has 4 aromatic rings. The number of hydrogen-bond donors (Lipinski definition) is 3. The molecule has 8 heteroatoms. The molecule has 0 unspecified atom stereocenters. The van der Waals surface area contributed by atoms with E-state index in [2.05, 4.69) is 56.0 Å². The Balaban J connectivity index is 1.34. The zero-order chi connectivity index (χ0) is 23.5. The van der Waals surface area contributed by atoms with E-state index in [1.807, 2.05) is 42.5 Å². The van der Waals surface area contributed by atoms with E-state index in [0.29, 0.717) is 6.54 Å². The van der Waals surface area contributed by atoms with E-state index in [0.717, 1.165) is 56.9 Å². The third kappa shape index (κ3) is 4.92. The van der Waals surface area contributed by atoms with Gasteiger partial charge in [0, 0.05) is 29.9 Å². The highest BCUT2D eigenvalue weighted by Gasteiger charge is 2.17. The van der Waals surface area contributed by atoms with Gasteiger partial charge in [-0.1, -0.05) is 49.2 Å². The molecule has 0 atom stereocenters. The van der Waals surface area contributed by atoms with Crippen molar-refractivity contribution in [1.29, 1.82) is 0 Å². The van der Waals surface area contributed by atoms with E-state index in [1.54, 1.807) is 10.7 Å². The molecule has 1 saturated carbocycles. The first-order chi connectivity index (χ1) is 16.6. The van der Waals surface area contributed by atoms with Gasteiger partial charge in [-0.25, -0.2) is 9.78 Å². The summed E-state index contributed by atoms with van der Waals surface area (Å²) in [4.78, 5) is 17.2. The molecule has 5 rings (SSSR count). The van der Waals surface area contributed by atoms with Crippen LogP contribution in [0.5, 0.6) is 0 Å². The van der Waals surface area contributed by atoms with Gasteiger partial charge in [-0.2, -0.15) is 9.61 Å². The van der Waals surface area contributed by atoms with Crippen molar-refractivity contribution in [2.24, 2.45) is 0 Å². The molecule has 7 nitrogen and oxygen atoms in total. The van der Waals surface area contributed by atoms with Crippen LogP contribution in [0.4, 0.5) is 16.3 Å². The fourth-order valence-corrected chi connectivity index (χ4v) is 4.78. The maximum atomic E-state index is 12.3. The van der Waals surface area contributed by atoms with Crippen LogP contribution in [0, 0.1) is 6.92 Å². The summed E-state index contributed by atoms with van der Waals surface area (Å²) in [6.07, 6.45) is 6.25. The zero-order valence-electron chi connectivity index (χ0n) is 19.0. The number of carbonyl (C=O) groups excluding carboxylic acids is 1. The van der Waals surface area contributed by atoms with Crippen LogP contribution >= 0.6 is 15.9 Å². The zero-order valence-corrected chi connectivity index (χ0v) is 20.6. The average molecular weight is 519 g/mol. The fourth-order valence-electron chi connectivity index (χ4n) is 4.43. The number of halogens is 1. The number of urea groups is 1. The van der Waals surface area contributed by atoms with Crippen LogP contribution < -0.4 is 16.0 Å². The van der Waals surface area contributed by atoms with Gasteiger partial charge in [0.25, 0.3) is 0 Å². The van der Waals surface area contributed by atoms with Gasteiger partial charge in [0.1, 0.15) is 5.82 Å². The minimum absolute atomic E-state index is 0.142. The SMILES string of the molecule is Cc1ccccc1-c1cc(NCc2cccc(NC(=O)NC3CCCC3)c2)n2ncc(Br)c2n1. The molecular weight excluding hydrogens is 492 g/mol. The monoisotopic (exact) mass is 518 g/mol. The number of benzene rings is 2. The lowest BCUT2D eigenvalue weighted by molar-refractivity contribution is 0.248. The predicted molar refractivity (Wildman–Crippen MR) is 139 cm³/mol. The van der Waals surface area contributed by atoms with E-state index in [-0.39, 0.29) is 12.1 Å². The van der Waals surface area contributed by atoms with Crippen molar-refractivity contribution in [1.82, 2.24) is 19.9 Å². The maximum Gasteiger partial charge on any atom is 0.319 e. The molecule has 0 radical (unpaired) electrons. The molecule has 0 bridgehead atoms. The van der Waals surface area contributed by atoms with Crippen molar-refractivity contribution in [2.45, 2.75) is 45.2 Å². The Bertz CT molecular complexity index is 1330. The highest BCUT2D eigenvalue weighted by molar-refractivity contribution is 9.10. The van der Waals surface area contributed by atoms with Crippen LogP contribution in [0.1, 0.15) is 36.8 Å². The molecule has 2 amide bonds. The van der Waals surface area contributed by atoms with E-state index in [1.165, 1.54) is 12.8 Å². The molecule has 2 aromatic carbocycles. The molecule has 1 aliphatic rings. The molecule has 2 aromatic heterocycles. The summed E-state index contributed by atoms with van der Waals surface area (Å²) in [5.74, 6) is 0.839. The van der Waals surface area contributed by atoms with Crippen molar-refractivity contribution in [3.63, 3.8) is 0 Å². The summed E-state index contributed by atoms with van der Waals surface area (Å²) in [6.45, 7) is 2.66. The minimum Gasteiger partial charge on any atom is -0.366 e. The minimum atomic E-state index is -0.142. The van der Waals surface area contributed by atoms with Crippen LogP contribution in [0.15, 0.2) is 65.3 Å². The van der Waals surface area contributed by atoms with E-state index in [4.69, 9.17) is 4.98 Å². The number of amides is 2. The number of aromatic nitrogens is 3. The molecule has 0 spiro atoms. The van der Waals surface area contributed by atoms with Gasteiger partial charge in [0.15, 0.2) is 5.65 Å². The van der Waals surface area contributed by atoms with Crippen molar-refractivity contribution in [3.05, 3.63) is 76.4 Å². The van der Waals surface area contributed by atoms with E-state index in [9.17, 15) is 4.79 Å². The number of nitrogens with one attached hydrogen (secondary N) is 3. The van der Waals surface area contributed by atoms with Crippen LogP contribution in [0.3, 0.4) is 0 Å². The van der Waals surface area contributed by atoms with Gasteiger partial charge >= 0.3 is 6.03 Å². The number of nitrogens with zero attached hydrogens (tertiary/aromatic N) is 3. The van der Waals surface area contributed by atoms with Gasteiger partial charge in [-0.15, -0.1) is 0 Å². The quantitative estimate of drug-likeness (QED) is 0.286. The molecule has 3 N–H and O–H groups in total. The normalized spacial score (nSPS) is 13.8. The molecule has 1 aliphatic carbocycles. The second-order valence-corrected chi connectivity index (χ2v) is 9.56. The Morgan fingerprint density at radius 3 is 2.76 bits per heavy atom. The van der Waals surface area contributed by atoms with Gasteiger partial charge in [0.05, 0.1) is 16.4 Å². The Hall–Kier alpha value is -3.39. The number of fused-ring (bicyclic) bond motifs is 1. The van der Waals surface area contributed by atoms with Crippen LogP contribution in [-0.2, 0) is 6.54 Å². The lowest BCUT2D eigenvalue weighted by atomic mass is 10.1. The second-order valence-electron chi connectivity index (χ2n) is 8.70. The average Bonchev–Trinajstić information content (AvgIpc) is 3.48. The Morgan fingerprint density at radius 1 is 1.12 bits per heavy atom. The highest BCUT2D eigenvalue weighted by Crippen LogP contribution is 2.28. The van der Waals surface area contributed by atoms with E-state index >= 15 is 0 Å². The molecule has 1 fully saturated rings. The van der Waals surface area contributed by atoms with Crippen LogP contribution in [-0.4, -0.2) is 26.7 Å². The molecular formula is C26H27BrN6O. The van der Waals surface area contributed by atoms with Crippen molar-refractivity contribution < 1.29 is 4.79 Å². The molecule has 34 heavy (non-hydrogen) atoms. The summed E-state index contributed by atoms with van der Waals surface area (Å²) in [5.41, 5.74) is 5.70. The van der Waals surface area contributed by atoms with Gasteiger partial charge < -0.3 is 16.0 Å². The lowest BCUT2D eigenvalue weighted by Gasteiger charge is -2.14. The number of anilines is 2. The number of carbonyl (C=O) groups is 1. The van der Waals surface area contributed by atoms with Gasteiger partial charge in [-0.3, -0.25) is 0 Å². The molecule has 2 heterocycles. The summed E-state index contributed by atoms with van der Waals surface area (Å²) in [6, 6.07) is 18.3. The summed E-state index contributed by atoms with van der Waals surface area (Å²) >= 11 is 3.57. The van der Waals surface area contributed by atoms with Crippen molar-refractivity contribution >= 4 is 39.1 Å². The van der Waals surface area contributed by atoms with Crippen molar-refractivity contribution in [2.75, 3.05) is 10.6 Å². The Morgan fingerprint density at radius 2 is 1.94 bits per heavy atom. The highest BCUT2D eigenvalue weighted by atomic mass is 79.9. The molecule has 174 valence electrons. The number of rotatable bonds is 6. The summed E-state index contributed by atoms with van der Waals surface area (Å²) < 4.78 is 2.63. The first-order valence-corrected chi connectivity index (χ1v) is 12.4. The lowest BCUT2D eigenvalue weighted by Crippen LogP contribution is -2.36. The van der Waals surface area contributed by atoms with E-state index < -0.39 is 0 Å². The smallest absolute Gasteiger partial charge is 0.319 e. The number of hydrogen-bond acceptors (Lipinski definition) is 4.